The molecule has 2 atom stereocenters. The Morgan fingerprint density at radius 2 is 1.66 bits per heavy atom. The first-order valence-electron chi connectivity index (χ1n) is 9.60. The van der Waals surface area contributed by atoms with Gasteiger partial charge in [0.1, 0.15) is 18.2 Å². The number of aromatic nitrogens is 3. The molecule has 1 aromatic heterocycles. The van der Waals surface area contributed by atoms with Gasteiger partial charge in [0.2, 0.25) is 0 Å². The number of aliphatic hydroxyl groups is 1. The van der Waals surface area contributed by atoms with E-state index in [2.05, 4.69) is 10.1 Å². The molecule has 0 saturated heterocycles. The van der Waals surface area contributed by atoms with Gasteiger partial charge in [0, 0.05) is 18.1 Å². The number of halogens is 6. The van der Waals surface area contributed by atoms with Gasteiger partial charge < -0.3 is 9.84 Å². The van der Waals surface area contributed by atoms with Crippen molar-refractivity contribution in [2.45, 2.75) is 45.1 Å². The molecule has 1 N–H and O–H groups in total. The fourth-order valence-corrected chi connectivity index (χ4v) is 2.99. The molecule has 0 amide bonds. The summed E-state index contributed by atoms with van der Waals surface area (Å²) in [5.74, 6) is -4.78. The molecule has 172 valence electrons. The Labute approximate surface area is 179 Å². The lowest BCUT2D eigenvalue weighted by Gasteiger charge is -2.17. The monoisotopic (exact) mass is 459 g/mol. The van der Waals surface area contributed by atoms with Crippen LogP contribution in [0.2, 0.25) is 0 Å². The third-order valence-corrected chi connectivity index (χ3v) is 4.84. The lowest BCUT2D eigenvalue weighted by atomic mass is 10.0. The van der Waals surface area contributed by atoms with Gasteiger partial charge >= 0.3 is 6.18 Å². The predicted molar refractivity (Wildman–Crippen MR) is 102 cm³/mol. The highest BCUT2D eigenvalue weighted by Crippen LogP contribution is 2.30. The maximum absolute atomic E-state index is 13.7. The molecule has 2 unspecified atom stereocenters. The van der Waals surface area contributed by atoms with E-state index >= 15 is 0 Å². The van der Waals surface area contributed by atoms with E-state index in [0.717, 1.165) is 41.1 Å². The van der Waals surface area contributed by atoms with Gasteiger partial charge in [-0.1, -0.05) is 13.8 Å². The number of benzene rings is 2. The first-order valence-corrected chi connectivity index (χ1v) is 9.60. The first kappa shape index (κ1) is 23.6. The summed E-state index contributed by atoms with van der Waals surface area (Å²) >= 11 is 0. The van der Waals surface area contributed by atoms with Gasteiger partial charge in [0.05, 0.1) is 17.4 Å². The van der Waals surface area contributed by atoms with Crippen molar-refractivity contribution in [1.29, 1.82) is 0 Å². The second kappa shape index (κ2) is 9.19. The molecule has 3 aromatic rings. The van der Waals surface area contributed by atoms with Crippen molar-refractivity contribution in [1.82, 2.24) is 14.8 Å². The summed E-state index contributed by atoms with van der Waals surface area (Å²) in [5.41, 5.74) is -0.989. The summed E-state index contributed by atoms with van der Waals surface area (Å²) in [6, 6.07) is 5.46. The SMILES string of the molecule is CCC(O)C(C)c1nc(COc2ccc(C(F)(F)F)cc2)nn1-c1cc(F)c(F)c(F)c1. The van der Waals surface area contributed by atoms with E-state index in [9.17, 15) is 31.4 Å². The van der Waals surface area contributed by atoms with E-state index in [-0.39, 0.29) is 29.7 Å². The molecule has 0 bridgehead atoms. The molecular formula is C21H19F6N3O2. The van der Waals surface area contributed by atoms with Gasteiger partial charge in [-0.3, -0.25) is 0 Å². The van der Waals surface area contributed by atoms with Crippen molar-refractivity contribution < 1.29 is 36.2 Å². The number of rotatable bonds is 7. The Bertz CT molecular complexity index is 1060. The molecule has 0 saturated carbocycles. The molecule has 0 radical (unpaired) electrons. The smallest absolute Gasteiger partial charge is 0.416 e. The van der Waals surface area contributed by atoms with E-state index in [1.807, 2.05) is 0 Å². The highest BCUT2D eigenvalue weighted by Gasteiger charge is 2.30. The summed E-state index contributed by atoms with van der Waals surface area (Å²) in [5, 5.41) is 14.3. The van der Waals surface area contributed by atoms with Crippen LogP contribution in [0.4, 0.5) is 26.3 Å². The van der Waals surface area contributed by atoms with Crippen LogP contribution in [0.5, 0.6) is 5.75 Å². The average Bonchev–Trinajstić information content (AvgIpc) is 3.18. The van der Waals surface area contributed by atoms with Crippen LogP contribution in [-0.4, -0.2) is 26.0 Å². The highest BCUT2D eigenvalue weighted by atomic mass is 19.4. The van der Waals surface area contributed by atoms with Crippen molar-refractivity contribution >= 4 is 0 Å². The van der Waals surface area contributed by atoms with E-state index in [1.165, 1.54) is 0 Å². The number of alkyl halides is 3. The number of hydrogen-bond acceptors (Lipinski definition) is 4. The first-order chi connectivity index (χ1) is 15.0. The van der Waals surface area contributed by atoms with Crippen molar-refractivity contribution in [3.8, 4) is 11.4 Å². The molecule has 1 heterocycles. The molecule has 2 aromatic carbocycles. The molecular weight excluding hydrogens is 440 g/mol. The van der Waals surface area contributed by atoms with Crippen LogP contribution in [0, 0.1) is 17.5 Å². The fourth-order valence-electron chi connectivity index (χ4n) is 2.99. The molecule has 0 spiro atoms. The minimum absolute atomic E-state index is 0.0418. The largest absolute Gasteiger partial charge is 0.486 e. The van der Waals surface area contributed by atoms with Gasteiger partial charge in [-0.2, -0.15) is 13.2 Å². The van der Waals surface area contributed by atoms with Gasteiger partial charge in [0.15, 0.2) is 23.3 Å². The Balaban J connectivity index is 1.91. The summed E-state index contributed by atoms with van der Waals surface area (Å²) in [4.78, 5) is 4.26. The lowest BCUT2D eigenvalue weighted by Crippen LogP contribution is -2.19. The number of hydrogen-bond donors (Lipinski definition) is 1. The molecule has 0 fully saturated rings. The van der Waals surface area contributed by atoms with Crippen molar-refractivity contribution in [3.63, 3.8) is 0 Å². The van der Waals surface area contributed by atoms with Gasteiger partial charge in [0.25, 0.3) is 0 Å². The normalized spacial score (nSPS) is 13.8. The Morgan fingerprint density at radius 3 is 2.19 bits per heavy atom. The van der Waals surface area contributed by atoms with E-state index in [1.54, 1.807) is 13.8 Å². The van der Waals surface area contributed by atoms with Crippen LogP contribution in [-0.2, 0) is 12.8 Å². The summed E-state index contributed by atoms with van der Waals surface area (Å²) in [7, 11) is 0. The second-order valence-corrected chi connectivity index (χ2v) is 7.10. The maximum atomic E-state index is 13.7. The number of ether oxygens (including phenoxy) is 1. The maximum Gasteiger partial charge on any atom is 0.416 e. The zero-order valence-electron chi connectivity index (χ0n) is 17.0. The standard InChI is InChI=1S/C21H19F6N3O2/c1-3-17(31)11(2)20-28-18(10-32-14-6-4-12(5-7-14)21(25,26)27)29-30(20)13-8-15(22)19(24)16(23)9-13/h4-9,11,17,31H,3,10H2,1-2H3. The minimum Gasteiger partial charge on any atom is -0.486 e. The average molecular weight is 459 g/mol. The Kier molecular flexibility index (Phi) is 6.77. The third-order valence-electron chi connectivity index (χ3n) is 4.84. The second-order valence-electron chi connectivity index (χ2n) is 7.10. The molecule has 3 rings (SSSR count). The van der Waals surface area contributed by atoms with Crippen LogP contribution in [0.25, 0.3) is 5.69 Å². The topological polar surface area (TPSA) is 60.2 Å². The third kappa shape index (κ3) is 5.04. The number of aliphatic hydroxyl groups excluding tert-OH is 1. The highest BCUT2D eigenvalue weighted by molar-refractivity contribution is 5.34. The van der Waals surface area contributed by atoms with Crippen molar-refractivity contribution in [3.05, 3.63) is 71.1 Å². The van der Waals surface area contributed by atoms with Gasteiger partial charge in [-0.15, -0.1) is 5.10 Å². The molecule has 11 heteroatoms. The summed E-state index contributed by atoms with van der Waals surface area (Å²) < 4.78 is 85.3. The van der Waals surface area contributed by atoms with Crippen LogP contribution in [0.1, 0.15) is 43.4 Å². The number of nitrogens with zero attached hydrogens (tertiary/aromatic N) is 3. The van der Waals surface area contributed by atoms with Crippen LogP contribution < -0.4 is 4.74 Å². The van der Waals surface area contributed by atoms with Crippen LogP contribution >= 0.6 is 0 Å². The molecule has 0 aliphatic carbocycles. The lowest BCUT2D eigenvalue weighted by molar-refractivity contribution is -0.137. The van der Waals surface area contributed by atoms with Gasteiger partial charge in [-0.25, -0.2) is 22.8 Å². The van der Waals surface area contributed by atoms with Crippen LogP contribution in [0.3, 0.4) is 0 Å². The molecule has 5 nitrogen and oxygen atoms in total. The Morgan fingerprint density at radius 1 is 1.06 bits per heavy atom. The quantitative estimate of drug-likeness (QED) is 0.392. The zero-order valence-corrected chi connectivity index (χ0v) is 17.0. The van der Waals surface area contributed by atoms with Crippen LogP contribution in [0.15, 0.2) is 36.4 Å². The zero-order chi connectivity index (χ0) is 23.6. The summed E-state index contributed by atoms with van der Waals surface area (Å²) in [6.07, 6.45) is -4.97. The van der Waals surface area contributed by atoms with Gasteiger partial charge in [-0.05, 0) is 30.7 Å². The fraction of sp³-hybridized carbons (Fsp3) is 0.333. The van der Waals surface area contributed by atoms with Crippen molar-refractivity contribution in [2.24, 2.45) is 0 Å². The predicted octanol–water partition coefficient (Wildman–Crippen LogP) is 5.16. The minimum atomic E-state index is -4.48. The van der Waals surface area contributed by atoms with E-state index in [4.69, 9.17) is 4.74 Å². The summed E-state index contributed by atoms with van der Waals surface area (Å²) in [6.45, 7) is 3.09. The van der Waals surface area contributed by atoms with E-state index in [0.29, 0.717) is 6.42 Å². The molecule has 0 aliphatic heterocycles. The van der Waals surface area contributed by atoms with E-state index < -0.39 is 41.2 Å². The molecule has 0 aliphatic rings. The van der Waals surface area contributed by atoms with Crippen molar-refractivity contribution in [2.75, 3.05) is 0 Å². The molecule has 32 heavy (non-hydrogen) atoms. The Hall–Kier alpha value is -3.08.